The molecule has 0 radical (unpaired) electrons. The third kappa shape index (κ3) is 2.77. The van der Waals surface area contributed by atoms with Crippen molar-refractivity contribution in [2.24, 2.45) is 0 Å². The maximum Gasteiger partial charge on any atom is 0.0489 e. The van der Waals surface area contributed by atoms with Gasteiger partial charge in [-0.1, -0.05) is 48.9 Å². The first-order valence-corrected chi connectivity index (χ1v) is 8.07. The molecule has 3 heteroatoms. The predicted octanol–water partition coefficient (Wildman–Crippen LogP) is 4.90. The number of hydrogen-bond donors (Lipinski definition) is 2. The lowest BCUT2D eigenvalue weighted by Crippen LogP contribution is -2.03. The summed E-state index contributed by atoms with van der Waals surface area (Å²) in [4.78, 5) is 3.42. The normalized spacial score (nSPS) is 12.7. The van der Waals surface area contributed by atoms with Crippen LogP contribution in [0.2, 0.25) is 5.02 Å². The van der Waals surface area contributed by atoms with Crippen LogP contribution in [0.3, 0.4) is 0 Å². The fourth-order valence-electron chi connectivity index (χ4n) is 3.15. The van der Waals surface area contributed by atoms with Crippen LogP contribution in [0.5, 0.6) is 0 Å². The molecule has 0 amide bonds. The molecule has 1 heterocycles. The fourth-order valence-corrected chi connectivity index (χ4v) is 3.27. The molecule has 22 heavy (non-hydrogen) atoms. The summed E-state index contributed by atoms with van der Waals surface area (Å²) in [6.45, 7) is 2.33. The quantitative estimate of drug-likeness (QED) is 0.690. The Morgan fingerprint density at radius 1 is 1.14 bits per heavy atom. The molecule has 0 aliphatic heterocycles. The van der Waals surface area contributed by atoms with Crippen LogP contribution in [0, 0.1) is 0 Å². The highest BCUT2D eigenvalue weighted by Crippen LogP contribution is 2.34. The van der Waals surface area contributed by atoms with E-state index in [0.29, 0.717) is 6.42 Å². The molecule has 3 rings (SSSR count). The average Bonchev–Trinajstić information content (AvgIpc) is 2.97. The minimum absolute atomic E-state index is 0.160. The Hall–Kier alpha value is -1.77. The van der Waals surface area contributed by atoms with E-state index in [9.17, 15) is 5.11 Å². The lowest BCUT2D eigenvalue weighted by atomic mass is 9.88. The van der Waals surface area contributed by atoms with Gasteiger partial charge in [-0.2, -0.15) is 0 Å². The summed E-state index contributed by atoms with van der Waals surface area (Å²) in [5.41, 5.74) is 4.95. The van der Waals surface area contributed by atoms with E-state index in [0.717, 1.165) is 11.4 Å². The minimum atomic E-state index is 0.160. The van der Waals surface area contributed by atoms with Crippen LogP contribution >= 0.6 is 11.6 Å². The largest absolute Gasteiger partial charge is 0.396 e. The Bertz CT molecular complexity index is 761. The van der Waals surface area contributed by atoms with Crippen LogP contribution in [-0.2, 0) is 6.42 Å². The maximum atomic E-state index is 9.49. The van der Waals surface area contributed by atoms with Gasteiger partial charge in [0.1, 0.15) is 0 Å². The molecule has 0 bridgehead atoms. The number of rotatable bonds is 5. The SMILES string of the molecule is CCc1cccc2c(C(CCO)c3ccc(Cl)cc3)c[nH]c12. The van der Waals surface area contributed by atoms with Crippen LogP contribution in [0.1, 0.15) is 36.0 Å². The molecule has 0 aliphatic rings. The molecular weight excluding hydrogens is 294 g/mol. The summed E-state index contributed by atoms with van der Waals surface area (Å²) in [6.07, 6.45) is 3.78. The predicted molar refractivity (Wildman–Crippen MR) is 92.7 cm³/mol. The van der Waals surface area contributed by atoms with E-state index in [2.05, 4.69) is 36.3 Å². The Kier molecular flexibility index (Phi) is 4.51. The van der Waals surface area contributed by atoms with E-state index >= 15 is 0 Å². The topological polar surface area (TPSA) is 36.0 Å². The van der Waals surface area contributed by atoms with Crippen molar-refractivity contribution in [3.05, 3.63) is 70.4 Å². The Morgan fingerprint density at radius 2 is 1.91 bits per heavy atom. The Balaban J connectivity index is 2.11. The van der Waals surface area contributed by atoms with Gasteiger partial charge in [0.25, 0.3) is 0 Å². The summed E-state index contributed by atoms with van der Waals surface area (Å²) < 4.78 is 0. The summed E-state index contributed by atoms with van der Waals surface area (Å²) in [5, 5.41) is 11.5. The number of nitrogens with one attached hydrogen (secondary N) is 1. The number of aromatic nitrogens is 1. The van der Waals surface area contributed by atoms with E-state index < -0.39 is 0 Å². The van der Waals surface area contributed by atoms with E-state index in [-0.39, 0.29) is 12.5 Å². The molecule has 0 saturated carbocycles. The standard InChI is InChI=1S/C19H20ClNO/c1-2-13-4-3-5-17-18(12-21-19(13)17)16(10-11-22)14-6-8-15(20)9-7-14/h3-9,12,16,21-22H,2,10-11H2,1H3. The third-order valence-electron chi connectivity index (χ3n) is 4.28. The summed E-state index contributed by atoms with van der Waals surface area (Å²) in [5.74, 6) is 0.170. The number of aromatic amines is 1. The molecule has 3 aromatic rings. The highest BCUT2D eigenvalue weighted by Gasteiger charge is 2.18. The van der Waals surface area contributed by atoms with Crippen LogP contribution in [-0.4, -0.2) is 16.7 Å². The van der Waals surface area contributed by atoms with Gasteiger partial charge in [0.15, 0.2) is 0 Å². The van der Waals surface area contributed by atoms with Gasteiger partial charge >= 0.3 is 0 Å². The second kappa shape index (κ2) is 6.55. The molecule has 2 nitrogen and oxygen atoms in total. The molecule has 0 aliphatic carbocycles. The number of aliphatic hydroxyl groups is 1. The van der Waals surface area contributed by atoms with Crippen LogP contribution in [0.4, 0.5) is 0 Å². The van der Waals surface area contributed by atoms with Gasteiger partial charge in [-0.05, 0) is 41.7 Å². The van der Waals surface area contributed by atoms with E-state index in [4.69, 9.17) is 11.6 Å². The highest BCUT2D eigenvalue weighted by molar-refractivity contribution is 6.30. The van der Waals surface area contributed by atoms with Crippen molar-refractivity contribution in [1.29, 1.82) is 0 Å². The van der Waals surface area contributed by atoms with Crippen molar-refractivity contribution in [3.8, 4) is 0 Å². The molecule has 1 unspecified atom stereocenters. The zero-order valence-electron chi connectivity index (χ0n) is 12.6. The van der Waals surface area contributed by atoms with Crippen molar-refractivity contribution < 1.29 is 5.11 Å². The zero-order valence-corrected chi connectivity index (χ0v) is 13.4. The van der Waals surface area contributed by atoms with Crippen molar-refractivity contribution >= 4 is 22.5 Å². The van der Waals surface area contributed by atoms with Gasteiger partial charge in [0, 0.05) is 34.6 Å². The van der Waals surface area contributed by atoms with Crippen molar-refractivity contribution in [3.63, 3.8) is 0 Å². The number of halogens is 1. The number of hydrogen-bond acceptors (Lipinski definition) is 1. The Morgan fingerprint density at radius 3 is 2.59 bits per heavy atom. The van der Waals surface area contributed by atoms with Gasteiger partial charge in [0.2, 0.25) is 0 Å². The van der Waals surface area contributed by atoms with E-state index in [1.165, 1.54) is 27.6 Å². The van der Waals surface area contributed by atoms with Gasteiger partial charge < -0.3 is 10.1 Å². The molecule has 0 spiro atoms. The molecular formula is C19H20ClNO. The number of fused-ring (bicyclic) bond motifs is 1. The van der Waals surface area contributed by atoms with Gasteiger partial charge in [-0.3, -0.25) is 0 Å². The third-order valence-corrected chi connectivity index (χ3v) is 4.53. The Labute approximate surface area is 135 Å². The number of aryl methyl sites for hydroxylation is 1. The second-order valence-electron chi connectivity index (χ2n) is 5.55. The summed E-state index contributed by atoms with van der Waals surface area (Å²) >= 11 is 6.00. The molecule has 2 N–H and O–H groups in total. The van der Waals surface area contributed by atoms with E-state index in [1.807, 2.05) is 24.3 Å². The second-order valence-corrected chi connectivity index (χ2v) is 5.99. The van der Waals surface area contributed by atoms with Crippen molar-refractivity contribution in [2.45, 2.75) is 25.7 Å². The minimum Gasteiger partial charge on any atom is -0.396 e. The van der Waals surface area contributed by atoms with Gasteiger partial charge in [-0.15, -0.1) is 0 Å². The van der Waals surface area contributed by atoms with Crippen molar-refractivity contribution in [2.75, 3.05) is 6.61 Å². The number of benzene rings is 2. The van der Waals surface area contributed by atoms with Crippen LogP contribution in [0.15, 0.2) is 48.7 Å². The monoisotopic (exact) mass is 313 g/mol. The fraction of sp³-hybridized carbons (Fsp3) is 0.263. The molecule has 2 aromatic carbocycles. The van der Waals surface area contributed by atoms with Crippen LogP contribution < -0.4 is 0 Å². The summed E-state index contributed by atoms with van der Waals surface area (Å²) in [6, 6.07) is 14.3. The first kappa shape index (κ1) is 15.1. The molecule has 114 valence electrons. The van der Waals surface area contributed by atoms with Crippen LogP contribution in [0.25, 0.3) is 10.9 Å². The number of H-pyrrole nitrogens is 1. The highest BCUT2D eigenvalue weighted by atomic mass is 35.5. The lowest BCUT2D eigenvalue weighted by molar-refractivity contribution is 0.282. The maximum absolute atomic E-state index is 9.49. The lowest BCUT2D eigenvalue weighted by Gasteiger charge is -2.16. The molecule has 1 aromatic heterocycles. The zero-order chi connectivity index (χ0) is 15.5. The first-order chi connectivity index (χ1) is 10.7. The van der Waals surface area contributed by atoms with Gasteiger partial charge in [0.05, 0.1) is 0 Å². The molecule has 0 saturated heterocycles. The first-order valence-electron chi connectivity index (χ1n) is 7.69. The smallest absolute Gasteiger partial charge is 0.0489 e. The van der Waals surface area contributed by atoms with Crippen molar-refractivity contribution in [1.82, 2.24) is 4.98 Å². The van der Waals surface area contributed by atoms with E-state index in [1.54, 1.807) is 0 Å². The average molecular weight is 314 g/mol. The number of aliphatic hydroxyl groups excluding tert-OH is 1. The number of para-hydroxylation sites is 1. The van der Waals surface area contributed by atoms with Gasteiger partial charge in [-0.25, -0.2) is 0 Å². The summed E-state index contributed by atoms with van der Waals surface area (Å²) in [7, 11) is 0. The molecule has 0 fully saturated rings. The molecule has 1 atom stereocenters.